The molecule has 0 aliphatic heterocycles. The van der Waals surface area contributed by atoms with Crippen molar-refractivity contribution in [2.45, 2.75) is 5.41 Å². The third-order valence-corrected chi connectivity index (χ3v) is 19.0. The maximum absolute atomic E-state index is 3.41. The molecular weight excluding hydrogens is 1230 g/mol. The molecule has 16 aromatic rings. The van der Waals surface area contributed by atoms with Crippen LogP contribution in [0.15, 0.2) is 393 Å². The Kier molecular flexibility index (Phi) is 16.1. The van der Waals surface area contributed by atoms with Crippen molar-refractivity contribution in [3.8, 4) is 50.2 Å². The van der Waals surface area contributed by atoms with E-state index in [9.17, 15) is 0 Å². The van der Waals surface area contributed by atoms with Crippen LogP contribution in [0.1, 0.15) is 22.3 Å². The van der Waals surface area contributed by atoms with E-state index in [4.69, 9.17) is 0 Å². The van der Waals surface area contributed by atoms with Crippen LogP contribution in [0.25, 0.3) is 72.0 Å². The van der Waals surface area contributed by atoms with Gasteiger partial charge in [-0.1, -0.05) is 277 Å². The molecule has 1 unspecified atom stereocenters. The first kappa shape index (κ1) is 59.0. The maximum atomic E-state index is 3.41. The molecule has 1 spiro atoms. The van der Waals surface area contributed by atoms with Crippen LogP contribution in [0, 0.1) is 0 Å². The van der Waals surface area contributed by atoms with Crippen LogP contribution in [0.2, 0.25) is 0 Å². The Morgan fingerprint density at radius 3 is 1.19 bits per heavy atom. The minimum Gasteiger partial charge on any atom is -0.356 e. The van der Waals surface area contributed by atoms with Crippen LogP contribution in [0.3, 0.4) is 0 Å². The van der Waals surface area contributed by atoms with Gasteiger partial charge in [0.15, 0.2) is 0 Å². The van der Waals surface area contributed by atoms with E-state index < -0.39 is 5.41 Å². The lowest BCUT2D eigenvalue weighted by molar-refractivity contribution is 0.793. The van der Waals surface area contributed by atoms with E-state index in [2.05, 4.69) is 369 Å². The van der Waals surface area contributed by atoms with Crippen LogP contribution < -0.4 is 15.1 Å². The van der Waals surface area contributed by atoms with Crippen molar-refractivity contribution in [1.29, 1.82) is 0 Å². The Hall–Kier alpha value is -12.0. The number of nitrogens with one attached hydrogen (secondary N) is 1. The molecule has 456 valence electrons. The number of fused-ring (bicyclic) bond motifs is 13. The minimum absolute atomic E-state index is 0.593. The number of hydrogen-bond donors (Lipinski definition) is 1. The first-order valence-electron chi connectivity index (χ1n) is 32.7. The van der Waals surface area contributed by atoms with Gasteiger partial charge in [-0.15, -0.1) is 0 Å². The van der Waals surface area contributed by atoms with Gasteiger partial charge in [0.05, 0.1) is 16.4 Å². The van der Waals surface area contributed by atoms with Gasteiger partial charge in [0.1, 0.15) is 0 Å². The zero-order valence-corrected chi connectivity index (χ0v) is 54.3. The summed E-state index contributed by atoms with van der Waals surface area (Å²) in [5, 5.41) is 5.88. The maximum Gasteiger partial charge on any atom is 0.0727 e. The highest BCUT2D eigenvalue weighted by Gasteiger charge is 2.52. The fourth-order valence-corrected chi connectivity index (χ4v) is 14.7. The molecule has 2 aliphatic rings. The smallest absolute Gasteiger partial charge is 0.0727 e. The Labute approximate surface area is 569 Å². The predicted molar refractivity (Wildman–Crippen MR) is 408 cm³/mol. The largest absolute Gasteiger partial charge is 0.356 e. The second kappa shape index (κ2) is 26.2. The molecule has 18 rings (SSSR count). The van der Waals surface area contributed by atoms with Gasteiger partial charge in [0, 0.05) is 66.4 Å². The molecule has 0 fully saturated rings. The highest BCUT2D eigenvalue weighted by atomic mass is 79.9. The molecule has 1 heterocycles. The van der Waals surface area contributed by atoms with Crippen molar-refractivity contribution in [3.63, 3.8) is 0 Å². The number of halogens is 1. The highest BCUT2D eigenvalue weighted by molar-refractivity contribution is 9.10. The number of anilines is 8. The van der Waals surface area contributed by atoms with Gasteiger partial charge in [-0.25, -0.2) is 0 Å². The van der Waals surface area contributed by atoms with Gasteiger partial charge in [-0.2, -0.15) is 0 Å². The van der Waals surface area contributed by atoms with Gasteiger partial charge in [0.2, 0.25) is 0 Å². The monoisotopic (exact) mass is 1290 g/mol. The van der Waals surface area contributed by atoms with Crippen LogP contribution >= 0.6 is 15.9 Å². The minimum atomic E-state index is -0.593. The Balaban J connectivity index is 0.000000231. The summed E-state index contributed by atoms with van der Waals surface area (Å²) in [5.74, 6) is 0. The summed E-state index contributed by atoms with van der Waals surface area (Å²) in [6, 6.07) is 139. The number of para-hydroxylation sites is 5. The molecule has 15 aromatic carbocycles. The molecule has 1 aromatic heterocycles. The van der Waals surface area contributed by atoms with Gasteiger partial charge in [0.25, 0.3) is 0 Å². The Morgan fingerprint density at radius 1 is 0.250 bits per heavy atom. The molecule has 0 bridgehead atoms. The molecule has 0 radical (unpaired) electrons. The zero-order chi connectivity index (χ0) is 64.2. The third-order valence-electron chi connectivity index (χ3n) is 18.5. The third kappa shape index (κ3) is 11.1. The van der Waals surface area contributed by atoms with E-state index in [1.807, 2.05) is 54.6 Å². The average molecular weight is 1290 g/mol. The van der Waals surface area contributed by atoms with Gasteiger partial charge in [-0.3, -0.25) is 0 Å². The van der Waals surface area contributed by atoms with Crippen molar-refractivity contribution in [2.75, 3.05) is 15.1 Å². The van der Waals surface area contributed by atoms with Crippen LogP contribution in [0.5, 0.6) is 0 Å². The standard InChI is InChI=1S/C67H45N3.C18H15N.C6H5Br/c1-5-20-46(21-6-1)47-22-19-29-51(42-47)68(48-23-7-2-8-24-48)52-36-39-57-55-30-13-16-33-61(55)67(63(57)43-52)62-34-17-14-31-56(62)58-40-37-53(44-64(58)67)69(49-25-9-3-10-26-49)54-38-41-60-59-32-15-18-35-65(59)70(66(60)45-54)50-27-11-4-12-28-50;1-3-8-15(9-4-1)16-10-7-13-18(14-16)19-17-11-5-2-6-12-17;7-6-4-2-1-3-5-6/h1-45H;1-14,19H;1-5H. The number of hydrogen-bond acceptors (Lipinski definition) is 3. The molecule has 5 heteroatoms. The summed E-state index contributed by atoms with van der Waals surface area (Å²) in [6.07, 6.45) is 0. The van der Waals surface area contributed by atoms with Gasteiger partial charge < -0.3 is 19.7 Å². The first-order valence-corrected chi connectivity index (χ1v) is 33.5. The summed E-state index contributed by atoms with van der Waals surface area (Å²) in [5.41, 5.74) is 26.8. The molecule has 0 saturated carbocycles. The molecule has 96 heavy (non-hydrogen) atoms. The lowest BCUT2D eigenvalue weighted by atomic mass is 9.70. The van der Waals surface area contributed by atoms with Crippen LogP contribution in [-0.4, -0.2) is 4.57 Å². The van der Waals surface area contributed by atoms with E-state index in [1.54, 1.807) is 0 Å². The molecule has 2 aliphatic carbocycles. The molecule has 0 saturated heterocycles. The quantitative estimate of drug-likeness (QED) is 0.140. The lowest BCUT2D eigenvalue weighted by Crippen LogP contribution is -2.26. The number of nitrogens with zero attached hydrogens (tertiary/aromatic N) is 3. The van der Waals surface area contributed by atoms with E-state index in [0.29, 0.717) is 0 Å². The summed E-state index contributed by atoms with van der Waals surface area (Å²) in [6.45, 7) is 0. The Bertz CT molecular complexity index is 5380. The second-order valence-corrected chi connectivity index (χ2v) is 25.1. The van der Waals surface area contributed by atoms with E-state index in [0.717, 1.165) is 55.7 Å². The van der Waals surface area contributed by atoms with Gasteiger partial charge >= 0.3 is 0 Å². The summed E-state index contributed by atoms with van der Waals surface area (Å²) >= 11 is 3.31. The molecular formula is C91H65BrN4. The van der Waals surface area contributed by atoms with Gasteiger partial charge in [-0.05, 0) is 194 Å². The summed E-state index contributed by atoms with van der Waals surface area (Å²) < 4.78 is 3.54. The SMILES string of the molecule is Brc1ccccc1.c1ccc(-c2cccc(N(c3ccccc3)c3ccc4c(c3)C3(c5ccccc5-4)c4ccccc4-c4ccc(N(c5ccccc5)c5ccc6c7ccccc7n(-c7ccccc7)c6c5)cc43)c2)cc1.c1ccc(Nc2cccc(-c3ccccc3)c2)cc1. The second-order valence-electron chi connectivity index (χ2n) is 24.2. The Morgan fingerprint density at radius 2 is 0.635 bits per heavy atom. The van der Waals surface area contributed by atoms with E-state index in [1.165, 1.54) is 88.6 Å². The van der Waals surface area contributed by atoms with E-state index in [-0.39, 0.29) is 0 Å². The highest BCUT2D eigenvalue weighted by Crippen LogP contribution is 2.64. The molecule has 0 amide bonds. The van der Waals surface area contributed by atoms with Crippen LogP contribution in [-0.2, 0) is 5.41 Å². The predicted octanol–water partition coefficient (Wildman–Crippen LogP) is 25.3. The van der Waals surface area contributed by atoms with Crippen molar-refractivity contribution >= 4 is 83.2 Å². The average Bonchev–Trinajstić information content (AvgIpc) is 1.51. The van der Waals surface area contributed by atoms with Crippen molar-refractivity contribution in [3.05, 3.63) is 415 Å². The normalized spacial score (nSPS) is 12.9. The van der Waals surface area contributed by atoms with Crippen molar-refractivity contribution in [1.82, 2.24) is 4.57 Å². The fourth-order valence-electron chi connectivity index (χ4n) is 14.4. The number of rotatable bonds is 11. The summed E-state index contributed by atoms with van der Waals surface area (Å²) in [7, 11) is 0. The topological polar surface area (TPSA) is 23.4 Å². The molecule has 1 N–H and O–H groups in total. The van der Waals surface area contributed by atoms with Crippen LogP contribution in [0.4, 0.5) is 45.5 Å². The van der Waals surface area contributed by atoms with Crippen molar-refractivity contribution < 1.29 is 0 Å². The fraction of sp³-hybridized carbons (Fsp3) is 0.0110. The summed E-state index contributed by atoms with van der Waals surface area (Å²) in [4.78, 5) is 4.86. The molecule has 1 atom stereocenters. The molecule has 4 nitrogen and oxygen atoms in total. The van der Waals surface area contributed by atoms with Crippen molar-refractivity contribution in [2.24, 2.45) is 0 Å². The van der Waals surface area contributed by atoms with E-state index >= 15 is 0 Å². The number of benzene rings is 15. The number of aromatic nitrogens is 1. The zero-order valence-electron chi connectivity index (χ0n) is 52.7. The lowest BCUT2D eigenvalue weighted by Gasteiger charge is -2.33. The first-order chi connectivity index (χ1) is 47.5.